The molecule has 0 fully saturated rings. The van der Waals surface area contributed by atoms with Crippen molar-refractivity contribution in [2.75, 3.05) is 6.54 Å². The Morgan fingerprint density at radius 3 is 2.17 bits per heavy atom. The lowest BCUT2D eigenvalue weighted by Gasteiger charge is -2.34. The highest BCUT2D eigenvalue weighted by Crippen LogP contribution is 2.24. The van der Waals surface area contributed by atoms with E-state index in [-0.39, 0.29) is 31.3 Å². The number of hydrogen-bond donors (Lipinski definition) is 3. The number of nitrogens with one attached hydrogen (secondary N) is 2. The molecule has 1 aromatic carbocycles. The first-order valence-electron chi connectivity index (χ1n) is 11.7. The molecule has 0 saturated carbocycles. The second-order valence-electron chi connectivity index (χ2n) is 9.57. The Labute approximate surface area is 208 Å². The van der Waals surface area contributed by atoms with Gasteiger partial charge in [0.2, 0.25) is 17.7 Å². The van der Waals surface area contributed by atoms with Gasteiger partial charge in [-0.1, -0.05) is 25.0 Å². The SMILES string of the molecule is C#Cc1ccc(C(C(=O)NC(C)C)N(CCC)C(=O)C(CCC(N)=O)NC(=O)OC(C)(C)C)cc1. The summed E-state index contributed by atoms with van der Waals surface area (Å²) in [6.45, 7) is 10.8. The molecule has 0 aliphatic carbocycles. The molecule has 0 aliphatic rings. The topological polar surface area (TPSA) is 131 Å². The number of rotatable bonds is 11. The Kier molecular flexibility index (Phi) is 11.3. The van der Waals surface area contributed by atoms with Crippen molar-refractivity contribution < 1.29 is 23.9 Å². The maximum atomic E-state index is 13.8. The second kappa shape index (κ2) is 13.4. The molecule has 1 rings (SSSR count). The first kappa shape index (κ1) is 29.5. The third kappa shape index (κ3) is 10.1. The monoisotopic (exact) mass is 486 g/mol. The second-order valence-corrected chi connectivity index (χ2v) is 9.57. The third-order valence-electron chi connectivity index (χ3n) is 4.80. The maximum absolute atomic E-state index is 13.8. The van der Waals surface area contributed by atoms with Crippen LogP contribution in [-0.2, 0) is 19.1 Å². The quantitative estimate of drug-likeness (QED) is 0.414. The zero-order valence-corrected chi connectivity index (χ0v) is 21.5. The van der Waals surface area contributed by atoms with Crippen LogP contribution < -0.4 is 16.4 Å². The summed E-state index contributed by atoms with van der Waals surface area (Å²) in [5.74, 6) is 1.02. The number of ether oxygens (including phenoxy) is 1. The van der Waals surface area contributed by atoms with Crippen LogP contribution in [0.25, 0.3) is 0 Å². The normalized spacial score (nSPS) is 12.7. The lowest BCUT2D eigenvalue weighted by Crippen LogP contribution is -2.53. The third-order valence-corrected chi connectivity index (χ3v) is 4.80. The van der Waals surface area contributed by atoms with Gasteiger partial charge in [0.1, 0.15) is 17.7 Å². The van der Waals surface area contributed by atoms with E-state index in [9.17, 15) is 19.2 Å². The van der Waals surface area contributed by atoms with E-state index in [1.54, 1.807) is 45.0 Å². The largest absolute Gasteiger partial charge is 0.444 e. The van der Waals surface area contributed by atoms with Crippen molar-refractivity contribution in [1.29, 1.82) is 0 Å². The van der Waals surface area contributed by atoms with E-state index in [2.05, 4.69) is 16.6 Å². The van der Waals surface area contributed by atoms with E-state index in [0.29, 0.717) is 17.5 Å². The van der Waals surface area contributed by atoms with Crippen LogP contribution in [0.3, 0.4) is 0 Å². The van der Waals surface area contributed by atoms with Gasteiger partial charge in [0.25, 0.3) is 0 Å². The first-order valence-corrected chi connectivity index (χ1v) is 11.7. The van der Waals surface area contributed by atoms with Crippen LogP contribution in [0.15, 0.2) is 24.3 Å². The molecule has 35 heavy (non-hydrogen) atoms. The number of amides is 4. The summed E-state index contributed by atoms with van der Waals surface area (Å²) in [7, 11) is 0. The fourth-order valence-corrected chi connectivity index (χ4v) is 3.40. The van der Waals surface area contributed by atoms with Gasteiger partial charge in [-0.15, -0.1) is 6.42 Å². The average molecular weight is 487 g/mol. The van der Waals surface area contributed by atoms with Crippen LogP contribution >= 0.6 is 0 Å². The predicted molar refractivity (Wildman–Crippen MR) is 134 cm³/mol. The number of terminal acetylenes is 1. The summed E-state index contributed by atoms with van der Waals surface area (Å²) >= 11 is 0. The van der Waals surface area contributed by atoms with Gasteiger partial charge in [0.05, 0.1) is 0 Å². The fourth-order valence-electron chi connectivity index (χ4n) is 3.40. The Balaban J connectivity index is 3.44. The lowest BCUT2D eigenvalue weighted by molar-refractivity contribution is -0.143. The van der Waals surface area contributed by atoms with Gasteiger partial charge in [-0.3, -0.25) is 14.4 Å². The van der Waals surface area contributed by atoms with Crippen molar-refractivity contribution in [3.63, 3.8) is 0 Å². The van der Waals surface area contributed by atoms with Crippen molar-refractivity contribution >= 4 is 23.8 Å². The molecule has 0 aromatic heterocycles. The minimum Gasteiger partial charge on any atom is -0.444 e. The number of alkyl carbamates (subject to hydrolysis) is 1. The molecule has 4 amide bonds. The summed E-state index contributed by atoms with van der Waals surface area (Å²) in [6.07, 6.45) is 5.03. The fraction of sp³-hybridized carbons (Fsp3) is 0.538. The molecular formula is C26H38N4O5. The van der Waals surface area contributed by atoms with Crippen molar-refractivity contribution in [1.82, 2.24) is 15.5 Å². The molecule has 0 bridgehead atoms. The standard InChI is InChI=1S/C26H38N4O5/c1-8-16-30(22(23(32)28-17(3)4)19-12-10-18(9-2)11-13-19)24(33)20(14-15-21(27)31)29-25(34)35-26(5,6)7/h2,10-13,17,20,22H,8,14-16H2,1,3-7H3,(H2,27,31)(H,28,32)(H,29,34). The Bertz CT molecular complexity index is 929. The molecule has 192 valence electrons. The number of benzene rings is 1. The molecule has 2 atom stereocenters. The maximum Gasteiger partial charge on any atom is 0.408 e. The van der Waals surface area contributed by atoms with Gasteiger partial charge in [-0.05, 0) is 65.2 Å². The van der Waals surface area contributed by atoms with E-state index in [1.807, 2.05) is 20.8 Å². The molecule has 9 heteroatoms. The van der Waals surface area contributed by atoms with Gasteiger partial charge < -0.3 is 26.0 Å². The minimum absolute atomic E-state index is 0.0395. The van der Waals surface area contributed by atoms with E-state index in [1.165, 1.54) is 4.90 Å². The van der Waals surface area contributed by atoms with Gasteiger partial charge in [-0.25, -0.2) is 4.79 Å². The van der Waals surface area contributed by atoms with E-state index in [0.717, 1.165) is 0 Å². The van der Waals surface area contributed by atoms with Gasteiger partial charge in [-0.2, -0.15) is 0 Å². The number of hydrogen-bond acceptors (Lipinski definition) is 5. The number of primary amides is 1. The summed E-state index contributed by atoms with van der Waals surface area (Å²) in [6, 6.07) is 4.53. The van der Waals surface area contributed by atoms with Crippen molar-refractivity contribution in [3.8, 4) is 12.3 Å². The van der Waals surface area contributed by atoms with Crippen LogP contribution in [0.4, 0.5) is 4.79 Å². The lowest BCUT2D eigenvalue weighted by atomic mass is 10.00. The van der Waals surface area contributed by atoms with Crippen molar-refractivity contribution in [3.05, 3.63) is 35.4 Å². The molecule has 1 aromatic rings. The molecular weight excluding hydrogens is 448 g/mol. The highest BCUT2D eigenvalue weighted by molar-refractivity contribution is 5.92. The van der Waals surface area contributed by atoms with Crippen LogP contribution in [0.2, 0.25) is 0 Å². The highest BCUT2D eigenvalue weighted by Gasteiger charge is 2.36. The van der Waals surface area contributed by atoms with Gasteiger partial charge in [0, 0.05) is 24.6 Å². The van der Waals surface area contributed by atoms with Gasteiger partial charge in [0.15, 0.2) is 0 Å². The Hall–Kier alpha value is -3.54. The van der Waals surface area contributed by atoms with Gasteiger partial charge >= 0.3 is 6.09 Å². The molecule has 0 spiro atoms. The summed E-state index contributed by atoms with van der Waals surface area (Å²) in [5, 5.41) is 5.42. The number of nitrogens with zero attached hydrogens (tertiary/aromatic N) is 1. The van der Waals surface area contributed by atoms with Crippen LogP contribution in [0.5, 0.6) is 0 Å². The molecule has 2 unspecified atom stereocenters. The molecule has 0 aliphatic heterocycles. The zero-order valence-electron chi connectivity index (χ0n) is 21.5. The number of nitrogens with two attached hydrogens (primary N) is 1. The van der Waals surface area contributed by atoms with Crippen LogP contribution in [0.1, 0.15) is 78.0 Å². The smallest absolute Gasteiger partial charge is 0.408 e. The molecule has 9 nitrogen and oxygen atoms in total. The molecule has 0 radical (unpaired) electrons. The number of carbonyl (C=O) groups excluding carboxylic acids is 4. The first-order chi connectivity index (χ1) is 16.3. The Morgan fingerprint density at radius 2 is 1.71 bits per heavy atom. The van der Waals surface area contributed by atoms with Crippen LogP contribution in [0, 0.1) is 12.3 Å². The van der Waals surface area contributed by atoms with E-state index in [4.69, 9.17) is 16.9 Å². The highest BCUT2D eigenvalue weighted by atomic mass is 16.6. The van der Waals surface area contributed by atoms with Crippen molar-refractivity contribution in [2.24, 2.45) is 5.73 Å². The summed E-state index contributed by atoms with van der Waals surface area (Å²) in [4.78, 5) is 52.4. The van der Waals surface area contributed by atoms with E-state index < -0.39 is 35.6 Å². The summed E-state index contributed by atoms with van der Waals surface area (Å²) < 4.78 is 5.30. The van der Waals surface area contributed by atoms with E-state index >= 15 is 0 Å². The Morgan fingerprint density at radius 1 is 1.11 bits per heavy atom. The van der Waals surface area contributed by atoms with Crippen molar-refractivity contribution in [2.45, 2.75) is 84.5 Å². The zero-order chi connectivity index (χ0) is 26.8. The minimum atomic E-state index is -1.12. The number of carbonyl (C=O) groups is 4. The predicted octanol–water partition coefficient (Wildman–Crippen LogP) is 2.63. The molecule has 0 heterocycles. The van der Waals surface area contributed by atoms with Crippen LogP contribution in [-0.4, -0.2) is 52.9 Å². The average Bonchev–Trinajstić information content (AvgIpc) is 2.74. The molecule has 0 saturated heterocycles. The molecule has 4 N–H and O–H groups in total. The summed E-state index contributed by atoms with van der Waals surface area (Å²) in [5.41, 5.74) is 5.71.